The molecule has 30 heteroatoms. The zero-order chi connectivity index (χ0) is 60.4. The summed E-state index contributed by atoms with van der Waals surface area (Å²) in [6.07, 6.45) is 6.20. The van der Waals surface area contributed by atoms with E-state index in [2.05, 4.69) is 66.8 Å². The Morgan fingerprint density at radius 1 is 0.866 bits per heavy atom. The maximum absolute atomic E-state index is 14.6. The molecule has 8 heterocycles. The smallest absolute Gasteiger partial charge is 0.293 e. The van der Waals surface area contributed by atoms with Crippen LogP contribution in [0.4, 0.5) is 42.4 Å². The normalized spacial score (nSPS) is 19.7. The van der Waals surface area contributed by atoms with Gasteiger partial charge in [0.15, 0.2) is 0 Å². The lowest BCUT2D eigenvalue weighted by Crippen LogP contribution is -2.52. The molecule has 8 N–H and O–H groups in total. The van der Waals surface area contributed by atoms with Gasteiger partial charge in [-0.05, 0) is 98.0 Å². The van der Waals surface area contributed by atoms with E-state index in [1.165, 1.54) is 57.4 Å². The Labute approximate surface area is 475 Å². The molecule has 0 spiro atoms. The molecule has 2 unspecified atom stereocenters. The van der Waals surface area contributed by atoms with Gasteiger partial charge in [0, 0.05) is 98.4 Å². The molecule has 1 radical (unpaired) electrons. The van der Waals surface area contributed by atoms with E-state index in [0.717, 1.165) is 17.8 Å². The summed E-state index contributed by atoms with van der Waals surface area (Å²) >= 11 is 3.17. The van der Waals surface area contributed by atoms with Crippen molar-refractivity contribution in [1.29, 1.82) is 0 Å². The summed E-state index contributed by atoms with van der Waals surface area (Å²) in [4.78, 5) is 79.6. The molecular formula is C52H62BBrF7N14O7. The molecule has 5 aromatic rings. The van der Waals surface area contributed by atoms with E-state index in [-0.39, 0.29) is 111 Å². The van der Waals surface area contributed by atoms with Crippen molar-refractivity contribution in [3.8, 4) is 5.88 Å². The third-order valence-corrected chi connectivity index (χ3v) is 14.0. The molecule has 21 nitrogen and oxygen atoms in total. The van der Waals surface area contributed by atoms with Crippen LogP contribution in [-0.4, -0.2) is 140 Å². The predicted octanol–water partition coefficient (Wildman–Crippen LogP) is 6.65. The van der Waals surface area contributed by atoms with Gasteiger partial charge >= 0.3 is 0 Å². The largest absolute Gasteiger partial charge is 0.481 e. The van der Waals surface area contributed by atoms with Gasteiger partial charge < -0.3 is 51.1 Å². The molecule has 0 aliphatic carbocycles. The standard InChI is InChI=1S/C19H22F3N5O2.C13H16BF2N2O3.C11H13F2N5O.C9H11BrN2O/c1-11(17(28)26-16-3-2-14(20)9-24-16)27-5-4-19(21,22)15(10-27)13-6-12(7-23)18(29)25-8-13;1-21-12-10(7-19)4-9(5-17-12)11-6-18(14-8-20)3-2-13(11,15)16;12-11(13)1-2-15-6-9(11)7-3-8(5-17-18-14)10(19)16-4-7;1-6-3-4-8(11-5-6)12-9(13)7(2)10/h2-3,6,8-9,11,15H,4-5,7,10,23H2,1H3,(H,25,29)(H,24,26,28);4-5,8,11,19H,2-3,6-7H2,1H3;3-4,9,15H,1-2,5-6H2,(H,16,19);3-5,7H,1-2H3,(H,11,12,13)/t11-,15+;;;7-/m0..1/s1. The van der Waals surface area contributed by atoms with Crippen molar-refractivity contribution >= 4 is 53.0 Å². The Balaban J connectivity index is 0.000000208. The lowest BCUT2D eigenvalue weighted by molar-refractivity contribution is -0.125. The molecule has 2 amide bonds. The number of H-pyrrole nitrogens is 2. The third-order valence-electron chi connectivity index (χ3n) is 13.6. The van der Waals surface area contributed by atoms with Gasteiger partial charge in [-0.3, -0.25) is 24.1 Å². The molecule has 5 aromatic heterocycles. The highest BCUT2D eigenvalue weighted by molar-refractivity contribution is 9.10. The second kappa shape index (κ2) is 30.3. The molecule has 3 aliphatic heterocycles. The minimum absolute atomic E-state index is 0.0298. The first-order valence-corrected chi connectivity index (χ1v) is 26.5. The molecule has 8 rings (SSSR count). The van der Waals surface area contributed by atoms with Crippen molar-refractivity contribution in [2.75, 3.05) is 57.0 Å². The second-order valence-electron chi connectivity index (χ2n) is 19.3. The van der Waals surface area contributed by atoms with Crippen LogP contribution in [0.3, 0.4) is 0 Å². The predicted molar refractivity (Wildman–Crippen MR) is 295 cm³/mol. The maximum atomic E-state index is 14.6. The van der Waals surface area contributed by atoms with Crippen LogP contribution < -0.4 is 37.5 Å². The van der Waals surface area contributed by atoms with Gasteiger partial charge in [-0.15, -0.1) is 0 Å². The number of amides is 2. The number of pyridine rings is 5. The Kier molecular flexibility index (Phi) is 24.3. The number of carbonyl (C=O) groups excluding carboxylic acids is 3. The number of ether oxygens (including phenoxy) is 1. The summed E-state index contributed by atoms with van der Waals surface area (Å²) in [6, 6.07) is 9.72. The third kappa shape index (κ3) is 18.5. The number of aliphatic hydroxyl groups excluding tert-OH is 1. The summed E-state index contributed by atoms with van der Waals surface area (Å²) in [5.74, 6) is -12.0. The van der Waals surface area contributed by atoms with Gasteiger partial charge in [0.05, 0.1) is 61.3 Å². The Morgan fingerprint density at radius 2 is 1.45 bits per heavy atom. The van der Waals surface area contributed by atoms with E-state index in [0.29, 0.717) is 28.7 Å². The number of methoxy groups -OCH3 is 1. The number of likely N-dealkylation sites (tertiary alicyclic amines) is 1. The number of aryl methyl sites for hydroxylation is 1. The van der Waals surface area contributed by atoms with E-state index in [1.54, 1.807) is 35.8 Å². The van der Waals surface area contributed by atoms with Gasteiger partial charge in [0.2, 0.25) is 17.7 Å². The number of rotatable bonds is 15. The Morgan fingerprint density at radius 3 is 2.02 bits per heavy atom. The van der Waals surface area contributed by atoms with Gasteiger partial charge in [0.25, 0.3) is 36.3 Å². The molecule has 5 atom stereocenters. The van der Waals surface area contributed by atoms with E-state index in [1.807, 2.05) is 13.0 Å². The average Bonchev–Trinajstić information content (AvgIpc) is 3.66. The van der Waals surface area contributed by atoms with Crippen molar-refractivity contribution < 1.29 is 55.0 Å². The lowest BCUT2D eigenvalue weighted by Gasteiger charge is -2.40. The number of alkyl halides is 7. The van der Waals surface area contributed by atoms with Crippen LogP contribution in [0.1, 0.15) is 89.8 Å². The van der Waals surface area contributed by atoms with Crippen molar-refractivity contribution in [2.45, 2.75) is 106 Å². The molecule has 0 saturated carbocycles. The van der Waals surface area contributed by atoms with E-state index < -0.39 is 70.8 Å². The zero-order valence-electron chi connectivity index (χ0n) is 45.0. The van der Waals surface area contributed by atoms with Crippen LogP contribution >= 0.6 is 15.9 Å². The minimum Gasteiger partial charge on any atom is -0.481 e. The first-order valence-electron chi connectivity index (χ1n) is 25.5. The maximum Gasteiger partial charge on any atom is 0.293 e. The van der Waals surface area contributed by atoms with Crippen LogP contribution in [0.15, 0.2) is 88.2 Å². The van der Waals surface area contributed by atoms with Crippen LogP contribution in [0.25, 0.3) is 10.4 Å². The number of aliphatic hydroxyl groups is 1. The number of hydrogen-bond acceptors (Lipinski definition) is 15. The number of halogens is 8. The topological polar surface area (TPSA) is 302 Å². The number of aromatic nitrogens is 5. The molecule has 82 heavy (non-hydrogen) atoms. The monoisotopic (exact) mass is 1220 g/mol. The number of carbonyl (C=O) groups is 3. The summed E-state index contributed by atoms with van der Waals surface area (Å²) in [5, 5.41) is 20.7. The highest BCUT2D eigenvalue weighted by atomic mass is 79.9. The van der Waals surface area contributed by atoms with Crippen LogP contribution in [0, 0.1) is 12.7 Å². The Hall–Kier alpha value is -7.08. The number of hydrogen-bond donors (Lipinski definition) is 7. The van der Waals surface area contributed by atoms with Crippen LogP contribution in [-0.2, 0) is 34.1 Å². The van der Waals surface area contributed by atoms with Crippen molar-refractivity contribution in [3.05, 3.63) is 149 Å². The lowest BCUT2D eigenvalue weighted by atomic mass is 9.82. The van der Waals surface area contributed by atoms with E-state index in [9.17, 15) is 59.8 Å². The molecule has 0 aromatic carbocycles. The summed E-state index contributed by atoms with van der Waals surface area (Å²) in [5.41, 5.74) is 15.7. The fourth-order valence-electron chi connectivity index (χ4n) is 8.81. The molecular weight excluding hydrogens is 1160 g/mol. The number of aromatic amines is 2. The van der Waals surface area contributed by atoms with Gasteiger partial charge in [-0.25, -0.2) is 45.7 Å². The fraction of sp³-hybridized carbons (Fsp3) is 0.462. The Bertz CT molecular complexity index is 3110. The first-order chi connectivity index (χ1) is 38.9. The van der Waals surface area contributed by atoms with Crippen LogP contribution in [0.2, 0.25) is 0 Å². The van der Waals surface area contributed by atoms with Crippen molar-refractivity contribution in [2.24, 2.45) is 10.8 Å². The number of piperidine rings is 3. The average molecular weight is 1220 g/mol. The molecule has 3 aliphatic rings. The SMILES string of the molecule is COc1ncc(C2CN([B]C=O)CCC2(F)F)cc1CO.C[C@@H](C(=O)Nc1ccc(F)cn1)N1CCC(F)(F)[C@@H](c2c[nH]c(=O)c(CN)c2)C1.Cc1ccc(NC(=O)[C@@H](C)Br)nc1.[N-]=[N+]=NCc1cc(C2CNCCC2(F)F)c[nH]c1=O. The summed E-state index contributed by atoms with van der Waals surface area (Å²) < 4.78 is 103. The molecule has 441 valence electrons. The number of nitrogens with two attached hydrogens (primary N) is 1. The van der Waals surface area contributed by atoms with Gasteiger partial charge in [-0.1, -0.05) is 27.1 Å². The molecule has 3 fully saturated rings. The zero-order valence-corrected chi connectivity index (χ0v) is 46.6. The molecule has 3 saturated heterocycles. The minimum atomic E-state index is -2.99. The van der Waals surface area contributed by atoms with Crippen molar-refractivity contribution in [3.63, 3.8) is 0 Å². The van der Waals surface area contributed by atoms with E-state index in [4.69, 9.17) is 16.0 Å². The number of nitrogens with zero attached hydrogens (tertiary/aromatic N) is 8. The summed E-state index contributed by atoms with van der Waals surface area (Å²) in [7, 11) is 2.67. The number of nitrogens with one attached hydrogen (secondary N) is 5. The van der Waals surface area contributed by atoms with Crippen LogP contribution in [0.5, 0.6) is 5.88 Å². The van der Waals surface area contributed by atoms with Crippen molar-refractivity contribution in [1.82, 2.24) is 39.9 Å². The highest BCUT2D eigenvalue weighted by Gasteiger charge is 2.47. The number of azide groups is 1. The second-order valence-corrected chi connectivity index (χ2v) is 20.7. The number of anilines is 2. The quantitative estimate of drug-likeness (QED) is 0.0110. The fourth-order valence-corrected chi connectivity index (χ4v) is 8.92. The van der Waals surface area contributed by atoms with Gasteiger partial charge in [-0.2, -0.15) is 0 Å². The van der Waals surface area contributed by atoms with E-state index >= 15 is 0 Å². The first kappa shape index (κ1) is 65.7. The highest BCUT2D eigenvalue weighted by Crippen LogP contribution is 2.42. The molecule has 0 bridgehead atoms. The van der Waals surface area contributed by atoms with Gasteiger partial charge in [0.1, 0.15) is 17.5 Å². The summed E-state index contributed by atoms with van der Waals surface area (Å²) in [6.45, 7) is 5.33.